The van der Waals surface area contributed by atoms with E-state index in [2.05, 4.69) is 4.72 Å². The molecule has 0 aliphatic heterocycles. The largest absolute Gasteiger partial charge is 0.454 e. The van der Waals surface area contributed by atoms with Crippen molar-refractivity contribution >= 4 is 33.1 Å². The number of carbonyl (C=O) groups is 2. The monoisotopic (exact) mass is 381 g/mol. The number of nitrogens with one attached hydrogen (secondary N) is 1. The number of Topliss-reactive ketones (excluding diaryl/α,β-unsaturated/α-hetero) is 1. The zero-order chi connectivity index (χ0) is 18.4. The van der Waals surface area contributed by atoms with Crippen LogP contribution < -0.4 is 4.72 Å². The maximum Gasteiger partial charge on any atom is 0.338 e. The van der Waals surface area contributed by atoms with Crippen LogP contribution in [0.3, 0.4) is 0 Å². The molecule has 0 fully saturated rings. The molecular formula is C17H19NO5S2. The predicted molar refractivity (Wildman–Crippen MR) is 96.7 cm³/mol. The summed E-state index contributed by atoms with van der Waals surface area (Å²) in [5.74, 6) is -0.794. The molecule has 0 aliphatic rings. The van der Waals surface area contributed by atoms with Gasteiger partial charge in [0.25, 0.3) is 0 Å². The van der Waals surface area contributed by atoms with Gasteiger partial charge in [-0.1, -0.05) is 12.1 Å². The van der Waals surface area contributed by atoms with Crippen LogP contribution in [0.4, 0.5) is 0 Å². The van der Waals surface area contributed by atoms with E-state index >= 15 is 0 Å². The second-order valence-corrected chi connectivity index (χ2v) is 8.64. The van der Waals surface area contributed by atoms with E-state index in [1.807, 2.05) is 13.0 Å². The van der Waals surface area contributed by atoms with Gasteiger partial charge in [-0.15, -0.1) is 11.3 Å². The Bertz CT molecular complexity index is 853. The summed E-state index contributed by atoms with van der Waals surface area (Å²) in [6.45, 7) is 1.90. The van der Waals surface area contributed by atoms with Crippen molar-refractivity contribution in [3.63, 3.8) is 0 Å². The minimum Gasteiger partial charge on any atom is -0.454 e. The number of hydrogen-bond donors (Lipinski definition) is 1. The van der Waals surface area contributed by atoms with E-state index in [0.29, 0.717) is 16.9 Å². The number of hydrogen-bond acceptors (Lipinski definition) is 6. The van der Waals surface area contributed by atoms with Gasteiger partial charge in [-0.3, -0.25) is 4.79 Å². The van der Waals surface area contributed by atoms with E-state index < -0.39 is 16.0 Å². The van der Waals surface area contributed by atoms with Gasteiger partial charge in [0.15, 0.2) is 6.61 Å². The number of thiophene rings is 1. The Kier molecular flexibility index (Phi) is 6.46. The van der Waals surface area contributed by atoms with E-state index in [1.54, 1.807) is 30.3 Å². The smallest absolute Gasteiger partial charge is 0.338 e. The molecular weight excluding hydrogens is 362 g/mol. The summed E-state index contributed by atoms with van der Waals surface area (Å²) in [4.78, 5) is 25.5. The molecule has 0 unspecified atom stereocenters. The second kappa shape index (κ2) is 8.37. The molecule has 0 radical (unpaired) electrons. The highest BCUT2D eigenvalue weighted by molar-refractivity contribution is 7.88. The van der Waals surface area contributed by atoms with Crippen molar-refractivity contribution in [2.45, 2.75) is 13.3 Å². The van der Waals surface area contributed by atoms with Gasteiger partial charge in [0.05, 0.1) is 16.7 Å². The molecule has 1 aromatic carbocycles. The quantitative estimate of drug-likeness (QED) is 0.559. The fourth-order valence-corrected chi connectivity index (χ4v) is 3.32. The molecule has 0 atom stereocenters. The first-order chi connectivity index (χ1) is 11.7. The van der Waals surface area contributed by atoms with Crippen molar-refractivity contribution in [3.8, 4) is 0 Å². The van der Waals surface area contributed by atoms with E-state index in [4.69, 9.17) is 4.74 Å². The topological polar surface area (TPSA) is 89.5 Å². The fraction of sp³-hybridized carbons (Fsp3) is 0.294. The first kappa shape index (κ1) is 19.3. The molecule has 6 nitrogen and oxygen atoms in total. The van der Waals surface area contributed by atoms with Crippen LogP contribution >= 0.6 is 11.3 Å². The highest BCUT2D eigenvalue weighted by atomic mass is 32.2. The first-order valence-electron chi connectivity index (χ1n) is 7.55. The molecule has 25 heavy (non-hydrogen) atoms. The highest BCUT2D eigenvalue weighted by Crippen LogP contribution is 2.16. The summed E-state index contributed by atoms with van der Waals surface area (Å²) < 4.78 is 29.4. The Labute approximate surface area is 150 Å². The van der Waals surface area contributed by atoms with E-state index in [-0.39, 0.29) is 18.9 Å². The van der Waals surface area contributed by atoms with Crippen LogP contribution in [0, 0.1) is 6.92 Å². The SMILES string of the molecule is Cc1ccc(C(=O)COC(=O)c2ccc(CCNS(C)(=O)=O)cc2)s1. The van der Waals surface area contributed by atoms with Gasteiger partial charge in [-0.05, 0) is 43.2 Å². The number of rotatable bonds is 8. The standard InChI is InChI=1S/C17H19NO5S2/c1-12-3-8-16(24-12)15(19)11-23-17(20)14-6-4-13(5-7-14)9-10-18-25(2,21)22/h3-8,18H,9-11H2,1-2H3. The summed E-state index contributed by atoms with van der Waals surface area (Å²) in [6, 6.07) is 10.2. The van der Waals surface area contributed by atoms with Crippen LogP contribution in [0.25, 0.3) is 0 Å². The van der Waals surface area contributed by atoms with E-state index in [9.17, 15) is 18.0 Å². The molecule has 8 heteroatoms. The van der Waals surface area contributed by atoms with Gasteiger partial charge in [0, 0.05) is 11.4 Å². The molecule has 0 saturated heterocycles. The molecule has 134 valence electrons. The normalized spacial score (nSPS) is 11.3. The van der Waals surface area contributed by atoms with Crippen molar-refractivity contribution in [3.05, 3.63) is 57.3 Å². The summed E-state index contributed by atoms with van der Waals surface area (Å²) >= 11 is 1.36. The predicted octanol–water partition coefficient (Wildman–Crippen LogP) is 2.19. The number of esters is 1. The molecule has 0 aliphatic carbocycles. The van der Waals surface area contributed by atoms with Crippen LogP contribution in [0.2, 0.25) is 0 Å². The third-order valence-electron chi connectivity index (χ3n) is 3.32. The summed E-state index contributed by atoms with van der Waals surface area (Å²) in [5, 5.41) is 0. The van der Waals surface area contributed by atoms with Crippen LogP contribution in [-0.2, 0) is 21.2 Å². The van der Waals surface area contributed by atoms with Crippen molar-refractivity contribution in [1.82, 2.24) is 4.72 Å². The Morgan fingerprint density at radius 1 is 1.12 bits per heavy atom. The number of carbonyl (C=O) groups excluding carboxylic acids is 2. The Morgan fingerprint density at radius 2 is 1.80 bits per heavy atom. The number of ketones is 1. The number of sulfonamides is 1. The number of ether oxygens (including phenoxy) is 1. The Morgan fingerprint density at radius 3 is 2.36 bits per heavy atom. The second-order valence-electron chi connectivity index (χ2n) is 5.52. The van der Waals surface area contributed by atoms with Gasteiger partial charge in [-0.25, -0.2) is 17.9 Å². The van der Waals surface area contributed by atoms with Crippen molar-refractivity contribution in [1.29, 1.82) is 0 Å². The molecule has 0 spiro atoms. The lowest BCUT2D eigenvalue weighted by Gasteiger charge is -2.06. The van der Waals surface area contributed by atoms with Crippen LogP contribution in [0.15, 0.2) is 36.4 Å². The molecule has 1 aromatic heterocycles. The molecule has 1 heterocycles. The minimum absolute atomic E-state index is 0.227. The number of benzene rings is 1. The van der Waals surface area contributed by atoms with Gasteiger partial charge >= 0.3 is 5.97 Å². The van der Waals surface area contributed by atoms with Crippen molar-refractivity contribution < 1.29 is 22.7 Å². The highest BCUT2D eigenvalue weighted by Gasteiger charge is 2.13. The fourth-order valence-electron chi connectivity index (χ4n) is 2.06. The summed E-state index contributed by atoms with van der Waals surface area (Å²) in [7, 11) is -3.21. The summed E-state index contributed by atoms with van der Waals surface area (Å²) in [6.07, 6.45) is 1.61. The Hall–Kier alpha value is -2.03. The van der Waals surface area contributed by atoms with Crippen molar-refractivity contribution in [2.75, 3.05) is 19.4 Å². The van der Waals surface area contributed by atoms with E-state index in [0.717, 1.165) is 16.7 Å². The lowest BCUT2D eigenvalue weighted by molar-refractivity contribution is 0.0476. The zero-order valence-electron chi connectivity index (χ0n) is 13.9. The van der Waals surface area contributed by atoms with Gasteiger partial charge in [-0.2, -0.15) is 0 Å². The summed E-state index contributed by atoms with van der Waals surface area (Å²) in [5.41, 5.74) is 1.23. The molecule has 1 N–H and O–H groups in total. The van der Waals surface area contributed by atoms with Gasteiger partial charge in [0.1, 0.15) is 0 Å². The Balaban J connectivity index is 1.84. The zero-order valence-corrected chi connectivity index (χ0v) is 15.6. The molecule has 0 saturated carbocycles. The van der Waals surface area contributed by atoms with Gasteiger partial charge < -0.3 is 4.74 Å². The third-order valence-corrected chi connectivity index (χ3v) is 5.09. The first-order valence-corrected chi connectivity index (χ1v) is 10.3. The number of aryl methyl sites for hydroxylation is 1. The lowest BCUT2D eigenvalue weighted by atomic mass is 10.1. The maximum absolute atomic E-state index is 12.0. The molecule has 0 bridgehead atoms. The van der Waals surface area contributed by atoms with Crippen LogP contribution in [0.1, 0.15) is 30.5 Å². The maximum atomic E-state index is 12.0. The van der Waals surface area contributed by atoms with E-state index in [1.165, 1.54) is 11.3 Å². The minimum atomic E-state index is -3.21. The average Bonchev–Trinajstić information content (AvgIpc) is 2.98. The average molecular weight is 381 g/mol. The van der Waals surface area contributed by atoms with Crippen LogP contribution in [-0.4, -0.2) is 39.6 Å². The third kappa shape index (κ3) is 6.41. The van der Waals surface area contributed by atoms with Gasteiger partial charge in [0.2, 0.25) is 15.8 Å². The molecule has 0 amide bonds. The molecule has 2 rings (SSSR count). The molecule has 2 aromatic rings. The van der Waals surface area contributed by atoms with Crippen LogP contribution in [0.5, 0.6) is 0 Å². The lowest BCUT2D eigenvalue weighted by Crippen LogP contribution is -2.24. The van der Waals surface area contributed by atoms with Crippen molar-refractivity contribution in [2.24, 2.45) is 0 Å².